The largest absolute Gasteiger partial charge is 0.496 e. The first-order chi connectivity index (χ1) is 7.74. The van der Waals surface area contributed by atoms with E-state index in [0.29, 0.717) is 17.1 Å². The number of hydrogen-bond donors (Lipinski definition) is 2. The van der Waals surface area contributed by atoms with Crippen LogP contribution in [0.3, 0.4) is 0 Å². The Morgan fingerprint density at radius 1 is 1.50 bits per heavy atom. The maximum absolute atomic E-state index is 13.2. The molecule has 0 saturated carbocycles. The predicted octanol–water partition coefficient (Wildman–Crippen LogP) is 2.65. The fraction of sp³-hybridized carbons (Fsp3) is 0.182. The van der Waals surface area contributed by atoms with E-state index in [1.807, 2.05) is 0 Å². The van der Waals surface area contributed by atoms with Gasteiger partial charge in [0.1, 0.15) is 17.4 Å². The summed E-state index contributed by atoms with van der Waals surface area (Å²) in [6.45, 7) is 0. The molecule has 84 valence electrons. The summed E-state index contributed by atoms with van der Waals surface area (Å²) < 4.78 is 18.3. The Kier molecular flexibility index (Phi) is 3.14. The molecule has 0 spiro atoms. The lowest BCUT2D eigenvalue weighted by Crippen LogP contribution is -1.89. The predicted molar refractivity (Wildman–Crippen MR) is 63.2 cm³/mol. The van der Waals surface area contributed by atoms with Crippen molar-refractivity contribution in [1.29, 1.82) is 0 Å². The molecule has 5 heteroatoms. The molecule has 0 aliphatic carbocycles. The van der Waals surface area contributed by atoms with E-state index in [0.717, 1.165) is 11.5 Å². The summed E-state index contributed by atoms with van der Waals surface area (Å²) in [4.78, 5) is 7.15. The van der Waals surface area contributed by atoms with Crippen LogP contribution in [-0.4, -0.2) is 17.1 Å². The molecule has 16 heavy (non-hydrogen) atoms. The highest BCUT2D eigenvalue weighted by atomic mass is 32.1. The lowest BCUT2D eigenvalue weighted by molar-refractivity contribution is 0.415. The molecule has 0 saturated heterocycles. The summed E-state index contributed by atoms with van der Waals surface area (Å²) in [5.74, 6) is 1.55. The third kappa shape index (κ3) is 2.04. The van der Waals surface area contributed by atoms with Crippen molar-refractivity contribution < 1.29 is 9.13 Å². The molecule has 0 bridgehead atoms. The summed E-state index contributed by atoms with van der Waals surface area (Å²) in [7, 11) is 1.55. The SMILES string of the molecule is COc1ccc(F)cc1-c1cnc(CS)[nH]1. The van der Waals surface area contributed by atoms with Gasteiger partial charge in [0.2, 0.25) is 0 Å². The molecule has 1 aromatic carbocycles. The quantitative estimate of drug-likeness (QED) is 0.807. The average molecular weight is 238 g/mol. The summed E-state index contributed by atoms with van der Waals surface area (Å²) in [5, 5.41) is 0. The number of methoxy groups -OCH3 is 1. The second kappa shape index (κ2) is 4.57. The number of hydrogen-bond acceptors (Lipinski definition) is 3. The fourth-order valence-electron chi connectivity index (χ4n) is 1.47. The Bertz CT molecular complexity index is 498. The van der Waals surface area contributed by atoms with Crippen molar-refractivity contribution in [3.8, 4) is 17.0 Å². The second-order valence-electron chi connectivity index (χ2n) is 3.25. The molecule has 0 atom stereocenters. The molecule has 2 rings (SSSR count). The Hall–Kier alpha value is -1.49. The molecule has 0 amide bonds. The van der Waals surface area contributed by atoms with E-state index in [9.17, 15) is 4.39 Å². The van der Waals surface area contributed by atoms with Gasteiger partial charge in [0, 0.05) is 11.3 Å². The second-order valence-corrected chi connectivity index (χ2v) is 3.56. The van der Waals surface area contributed by atoms with E-state index in [1.54, 1.807) is 19.4 Å². The Labute approximate surface area is 98.1 Å². The minimum atomic E-state index is -0.308. The highest BCUT2D eigenvalue weighted by molar-refractivity contribution is 7.79. The van der Waals surface area contributed by atoms with Gasteiger partial charge in [0.15, 0.2) is 0 Å². The first kappa shape index (κ1) is 11.0. The molecule has 0 aliphatic heterocycles. The number of imidazole rings is 1. The molecule has 1 N–H and O–H groups in total. The zero-order valence-electron chi connectivity index (χ0n) is 8.70. The molecule has 0 aliphatic rings. The van der Waals surface area contributed by atoms with E-state index in [-0.39, 0.29) is 5.82 Å². The fourth-order valence-corrected chi connectivity index (χ4v) is 1.63. The monoisotopic (exact) mass is 238 g/mol. The highest BCUT2D eigenvalue weighted by Crippen LogP contribution is 2.29. The van der Waals surface area contributed by atoms with Gasteiger partial charge in [0.05, 0.1) is 19.0 Å². The molecule has 0 radical (unpaired) electrons. The first-order valence-electron chi connectivity index (χ1n) is 4.73. The number of aromatic amines is 1. The van der Waals surface area contributed by atoms with Gasteiger partial charge in [-0.3, -0.25) is 0 Å². The molecule has 0 fully saturated rings. The van der Waals surface area contributed by atoms with Gasteiger partial charge >= 0.3 is 0 Å². The summed E-state index contributed by atoms with van der Waals surface area (Å²) in [5.41, 5.74) is 1.38. The maximum atomic E-state index is 13.2. The van der Waals surface area contributed by atoms with Crippen molar-refractivity contribution in [2.24, 2.45) is 0 Å². The normalized spacial score (nSPS) is 10.4. The third-order valence-corrected chi connectivity index (χ3v) is 2.53. The summed E-state index contributed by atoms with van der Waals surface area (Å²) >= 11 is 4.11. The van der Waals surface area contributed by atoms with Gasteiger partial charge in [-0.25, -0.2) is 9.37 Å². The Balaban J connectivity index is 2.49. The van der Waals surface area contributed by atoms with Crippen molar-refractivity contribution in [3.63, 3.8) is 0 Å². The highest BCUT2D eigenvalue weighted by Gasteiger charge is 2.09. The van der Waals surface area contributed by atoms with Gasteiger partial charge in [-0.2, -0.15) is 12.6 Å². The van der Waals surface area contributed by atoms with Crippen LogP contribution >= 0.6 is 12.6 Å². The lowest BCUT2D eigenvalue weighted by Gasteiger charge is -2.06. The van der Waals surface area contributed by atoms with Crippen molar-refractivity contribution in [3.05, 3.63) is 36.0 Å². The van der Waals surface area contributed by atoms with E-state index in [2.05, 4.69) is 22.6 Å². The maximum Gasteiger partial charge on any atom is 0.128 e. The van der Waals surface area contributed by atoms with Crippen molar-refractivity contribution in [1.82, 2.24) is 9.97 Å². The molecule has 0 unspecified atom stereocenters. The smallest absolute Gasteiger partial charge is 0.128 e. The van der Waals surface area contributed by atoms with E-state index in [1.165, 1.54) is 12.1 Å². The summed E-state index contributed by atoms with van der Waals surface area (Å²) in [6.07, 6.45) is 1.64. The molecule has 1 heterocycles. The number of aromatic nitrogens is 2. The van der Waals surface area contributed by atoms with Gasteiger partial charge < -0.3 is 9.72 Å². The van der Waals surface area contributed by atoms with Crippen LogP contribution in [0, 0.1) is 5.82 Å². The number of H-pyrrole nitrogens is 1. The number of nitrogens with zero attached hydrogens (tertiary/aromatic N) is 1. The minimum absolute atomic E-state index is 0.308. The number of benzene rings is 1. The molecular formula is C11H11FN2OS. The molecule has 1 aromatic heterocycles. The standard InChI is InChI=1S/C11H11FN2OS/c1-15-10-3-2-7(12)4-8(10)9-5-13-11(6-16)14-9/h2-5,16H,6H2,1H3,(H,13,14). The van der Waals surface area contributed by atoms with Gasteiger partial charge in [-0.1, -0.05) is 0 Å². The topological polar surface area (TPSA) is 37.9 Å². The van der Waals surface area contributed by atoms with Crippen LogP contribution in [0.25, 0.3) is 11.3 Å². The van der Waals surface area contributed by atoms with Crippen molar-refractivity contribution in [2.75, 3.05) is 7.11 Å². The van der Waals surface area contributed by atoms with Gasteiger partial charge in [0.25, 0.3) is 0 Å². The number of nitrogens with one attached hydrogen (secondary N) is 1. The summed E-state index contributed by atoms with van der Waals surface area (Å²) in [6, 6.07) is 4.36. The van der Waals surface area contributed by atoms with Crippen LogP contribution in [0.4, 0.5) is 4.39 Å². The lowest BCUT2D eigenvalue weighted by atomic mass is 10.1. The van der Waals surface area contributed by atoms with Crippen LogP contribution in [0.1, 0.15) is 5.82 Å². The average Bonchev–Trinajstić information content (AvgIpc) is 2.77. The van der Waals surface area contributed by atoms with Crippen LogP contribution in [0.2, 0.25) is 0 Å². The first-order valence-corrected chi connectivity index (χ1v) is 5.36. The van der Waals surface area contributed by atoms with Gasteiger partial charge in [-0.15, -0.1) is 0 Å². The van der Waals surface area contributed by atoms with E-state index in [4.69, 9.17) is 4.74 Å². The van der Waals surface area contributed by atoms with Crippen LogP contribution < -0.4 is 4.74 Å². The Morgan fingerprint density at radius 2 is 2.31 bits per heavy atom. The number of rotatable bonds is 3. The number of halogens is 1. The van der Waals surface area contributed by atoms with Gasteiger partial charge in [-0.05, 0) is 18.2 Å². The van der Waals surface area contributed by atoms with Crippen LogP contribution in [-0.2, 0) is 5.75 Å². The number of thiol groups is 1. The van der Waals surface area contributed by atoms with E-state index < -0.39 is 0 Å². The van der Waals surface area contributed by atoms with Crippen LogP contribution in [0.5, 0.6) is 5.75 Å². The minimum Gasteiger partial charge on any atom is -0.496 e. The van der Waals surface area contributed by atoms with Crippen molar-refractivity contribution in [2.45, 2.75) is 5.75 Å². The Morgan fingerprint density at radius 3 is 2.94 bits per heavy atom. The number of ether oxygens (including phenoxy) is 1. The molecule has 3 nitrogen and oxygen atoms in total. The zero-order chi connectivity index (χ0) is 11.5. The molecular weight excluding hydrogens is 227 g/mol. The van der Waals surface area contributed by atoms with E-state index >= 15 is 0 Å². The van der Waals surface area contributed by atoms with Crippen LogP contribution in [0.15, 0.2) is 24.4 Å². The zero-order valence-corrected chi connectivity index (χ0v) is 9.59. The van der Waals surface area contributed by atoms with Crippen molar-refractivity contribution >= 4 is 12.6 Å². The third-order valence-electron chi connectivity index (χ3n) is 2.23. The molecule has 2 aromatic rings.